The summed E-state index contributed by atoms with van der Waals surface area (Å²) in [6, 6.07) is 9.08. The highest BCUT2D eigenvalue weighted by Gasteiger charge is 2.11. The Morgan fingerprint density at radius 2 is 1.82 bits per heavy atom. The van der Waals surface area contributed by atoms with Crippen molar-refractivity contribution < 1.29 is 4.74 Å². The number of anilines is 1. The molecule has 2 nitrogen and oxygen atoms in total. The second-order valence-electron chi connectivity index (χ2n) is 4.88. The van der Waals surface area contributed by atoms with Crippen LogP contribution < -0.4 is 4.90 Å². The summed E-state index contributed by atoms with van der Waals surface area (Å²) in [6.45, 7) is 8.31. The largest absolute Gasteiger partial charge is 0.378 e. The normalized spacial score (nSPS) is 18.1. The van der Waals surface area contributed by atoms with E-state index in [1.807, 2.05) is 0 Å². The number of hydrogen-bond acceptors (Lipinski definition) is 2. The van der Waals surface area contributed by atoms with Crippen LogP contribution in [0.5, 0.6) is 0 Å². The minimum Gasteiger partial charge on any atom is -0.378 e. The Morgan fingerprint density at radius 3 is 2.41 bits per heavy atom. The molecular weight excluding hydrogens is 210 g/mol. The first kappa shape index (κ1) is 12.4. The number of nitrogens with zero attached hydrogens (tertiary/aromatic N) is 1. The maximum Gasteiger partial charge on any atom is 0.0642 e. The Balaban J connectivity index is 2.01. The summed E-state index contributed by atoms with van der Waals surface area (Å²) < 4.78 is 5.37. The first-order valence-electron chi connectivity index (χ1n) is 6.74. The lowest BCUT2D eigenvalue weighted by atomic mass is 9.96. The average molecular weight is 233 g/mol. The van der Waals surface area contributed by atoms with E-state index in [0.717, 1.165) is 26.3 Å². The van der Waals surface area contributed by atoms with Crippen LogP contribution >= 0.6 is 0 Å². The fraction of sp³-hybridized carbons (Fsp3) is 0.600. The van der Waals surface area contributed by atoms with E-state index in [1.165, 1.54) is 24.1 Å². The van der Waals surface area contributed by atoms with E-state index in [9.17, 15) is 0 Å². The average Bonchev–Trinajstić information content (AvgIpc) is 2.40. The minimum absolute atomic E-state index is 0.679. The van der Waals surface area contributed by atoms with Gasteiger partial charge in [0.1, 0.15) is 0 Å². The minimum atomic E-state index is 0.679. The van der Waals surface area contributed by atoms with Crippen LogP contribution in [0.3, 0.4) is 0 Å². The van der Waals surface area contributed by atoms with Crippen molar-refractivity contribution in [3.8, 4) is 0 Å². The van der Waals surface area contributed by atoms with Crippen LogP contribution in [0, 0.1) is 0 Å². The quantitative estimate of drug-likeness (QED) is 0.790. The van der Waals surface area contributed by atoms with Gasteiger partial charge in [0.05, 0.1) is 13.2 Å². The smallest absolute Gasteiger partial charge is 0.0642 e. The van der Waals surface area contributed by atoms with Gasteiger partial charge in [0.15, 0.2) is 0 Å². The molecule has 1 heterocycles. The van der Waals surface area contributed by atoms with Gasteiger partial charge in [-0.2, -0.15) is 0 Å². The topological polar surface area (TPSA) is 12.5 Å². The maximum atomic E-state index is 5.37. The predicted octanol–water partition coefficient (Wildman–Crippen LogP) is 3.43. The molecule has 2 rings (SSSR count). The highest BCUT2D eigenvalue weighted by atomic mass is 16.5. The molecule has 1 aromatic carbocycles. The van der Waals surface area contributed by atoms with Gasteiger partial charge in [0.2, 0.25) is 0 Å². The van der Waals surface area contributed by atoms with Gasteiger partial charge < -0.3 is 9.64 Å². The second-order valence-corrected chi connectivity index (χ2v) is 4.88. The zero-order chi connectivity index (χ0) is 12.1. The maximum absolute atomic E-state index is 5.37. The molecule has 0 N–H and O–H groups in total. The number of ether oxygens (including phenoxy) is 1. The van der Waals surface area contributed by atoms with E-state index in [4.69, 9.17) is 4.74 Å². The monoisotopic (exact) mass is 233 g/mol. The van der Waals surface area contributed by atoms with Gasteiger partial charge in [-0.25, -0.2) is 0 Å². The second kappa shape index (κ2) is 6.06. The van der Waals surface area contributed by atoms with E-state index in [0.29, 0.717) is 5.92 Å². The summed E-state index contributed by atoms with van der Waals surface area (Å²) in [4.78, 5) is 2.40. The fourth-order valence-corrected chi connectivity index (χ4v) is 2.43. The van der Waals surface area contributed by atoms with Crippen LogP contribution in [-0.4, -0.2) is 26.3 Å². The van der Waals surface area contributed by atoms with Crippen molar-refractivity contribution in [2.45, 2.75) is 32.6 Å². The third-order valence-corrected chi connectivity index (χ3v) is 3.56. The van der Waals surface area contributed by atoms with Crippen LogP contribution in [0.1, 0.15) is 38.2 Å². The van der Waals surface area contributed by atoms with Gasteiger partial charge >= 0.3 is 0 Å². The Bertz CT molecular complexity index is 327. The Kier molecular flexibility index (Phi) is 4.43. The molecule has 1 aliphatic rings. The zero-order valence-corrected chi connectivity index (χ0v) is 11.0. The van der Waals surface area contributed by atoms with Gasteiger partial charge in [-0.3, -0.25) is 0 Å². The molecule has 17 heavy (non-hydrogen) atoms. The molecule has 0 spiro atoms. The lowest BCUT2D eigenvalue weighted by molar-refractivity contribution is 0.122. The van der Waals surface area contributed by atoms with Crippen LogP contribution in [0.2, 0.25) is 0 Å². The lowest BCUT2D eigenvalue weighted by Gasteiger charge is -2.29. The molecular formula is C15H23NO. The SMILES string of the molecule is CCCC(C)c1ccc(N2CCOCC2)cc1. The van der Waals surface area contributed by atoms with Crippen molar-refractivity contribution >= 4 is 5.69 Å². The Morgan fingerprint density at radius 1 is 1.18 bits per heavy atom. The molecule has 1 unspecified atom stereocenters. The number of benzene rings is 1. The number of morpholine rings is 1. The van der Waals surface area contributed by atoms with E-state index in [1.54, 1.807) is 0 Å². The first-order chi connectivity index (χ1) is 8.31. The molecule has 94 valence electrons. The van der Waals surface area contributed by atoms with Gasteiger partial charge in [-0.1, -0.05) is 32.4 Å². The van der Waals surface area contributed by atoms with Gasteiger partial charge in [0, 0.05) is 18.8 Å². The summed E-state index contributed by atoms with van der Waals surface area (Å²) in [5, 5.41) is 0. The van der Waals surface area contributed by atoms with Crippen molar-refractivity contribution in [1.82, 2.24) is 0 Å². The van der Waals surface area contributed by atoms with Crippen molar-refractivity contribution in [1.29, 1.82) is 0 Å². The van der Waals surface area contributed by atoms with Crippen molar-refractivity contribution in [2.24, 2.45) is 0 Å². The third-order valence-electron chi connectivity index (χ3n) is 3.56. The van der Waals surface area contributed by atoms with Crippen molar-refractivity contribution in [3.05, 3.63) is 29.8 Å². The lowest BCUT2D eigenvalue weighted by Crippen LogP contribution is -2.36. The Hall–Kier alpha value is -1.02. The summed E-state index contributed by atoms with van der Waals surface area (Å²) in [6.07, 6.45) is 2.53. The molecule has 1 fully saturated rings. The van der Waals surface area contributed by atoms with Crippen LogP contribution in [0.4, 0.5) is 5.69 Å². The van der Waals surface area contributed by atoms with Gasteiger partial charge in [0.25, 0.3) is 0 Å². The van der Waals surface area contributed by atoms with Crippen LogP contribution in [-0.2, 0) is 4.74 Å². The summed E-state index contributed by atoms with van der Waals surface area (Å²) in [7, 11) is 0. The van der Waals surface area contributed by atoms with Crippen LogP contribution in [0.15, 0.2) is 24.3 Å². The molecule has 0 aliphatic carbocycles. The van der Waals surface area contributed by atoms with Crippen molar-refractivity contribution in [2.75, 3.05) is 31.2 Å². The highest BCUT2D eigenvalue weighted by Crippen LogP contribution is 2.24. The van der Waals surface area contributed by atoms with Crippen LogP contribution in [0.25, 0.3) is 0 Å². The molecule has 2 heteroatoms. The molecule has 0 radical (unpaired) electrons. The molecule has 1 aliphatic heterocycles. The molecule has 0 bridgehead atoms. The summed E-state index contributed by atoms with van der Waals surface area (Å²) >= 11 is 0. The molecule has 1 atom stereocenters. The fourth-order valence-electron chi connectivity index (χ4n) is 2.43. The summed E-state index contributed by atoms with van der Waals surface area (Å²) in [5.74, 6) is 0.679. The Labute approximate surface area is 105 Å². The van der Waals surface area contributed by atoms with E-state index in [-0.39, 0.29) is 0 Å². The number of hydrogen-bond donors (Lipinski definition) is 0. The number of rotatable bonds is 4. The first-order valence-corrected chi connectivity index (χ1v) is 6.74. The third kappa shape index (κ3) is 3.22. The van der Waals surface area contributed by atoms with E-state index in [2.05, 4.69) is 43.0 Å². The predicted molar refractivity (Wildman–Crippen MR) is 72.8 cm³/mol. The standard InChI is InChI=1S/C15H23NO/c1-3-4-13(2)14-5-7-15(8-6-14)16-9-11-17-12-10-16/h5-8,13H,3-4,9-12H2,1-2H3. The molecule has 1 saturated heterocycles. The molecule has 0 saturated carbocycles. The zero-order valence-electron chi connectivity index (χ0n) is 11.0. The molecule has 0 aromatic heterocycles. The van der Waals surface area contributed by atoms with E-state index >= 15 is 0 Å². The summed E-state index contributed by atoms with van der Waals surface area (Å²) in [5.41, 5.74) is 2.80. The van der Waals surface area contributed by atoms with Gasteiger partial charge in [-0.15, -0.1) is 0 Å². The highest BCUT2D eigenvalue weighted by molar-refractivity contribution is 5.48. The van der Waals surface area contributed by atoms with E-state index < -0.39 is 0 Å². The molecule has 0 amide bonds. The van der Waals surface area contributed by atoms with Crippen molar-refractivity contribution in [3.63, 3.8) is 0 Å². The van der Waals surface area contributed by atoms with Gasteiger partial charge in [-0.05, 0) is 30.0 Å². The molecule has 1 aromatic rings.